The molecule has 0 fully saturated rings. The molecule has 0 bridgehead atoms. The number of nitrogens with zero attached hydrogens (tertiary/aromatic N) is 2. The van der Waals surface area contributed by atoms with E-state index in [0.29, 0.717) is 12.1 Å². The minimum Gasteiger partial charge on any atom is -0.355 e. The quantitative estimate of drug-likeness (QED) is 0.876. The van der Waals surface area contributed by atoms with Crippen LogP contribution in [0.1, 0.15) is 33.5 Å². The van der Waals surface area contributed by atoms with Gasteiger partial charge in [-0.1, -0.05) is 24.3 Å². The number of aryl methyl sites for hydroxylation is 1. The van der Waals surface area contributed by atoms with E-state index in [1.807, 2.05) is 17.0 Å². The fourth-order valence-corrected chi connectivity index (χ4v) is 2.98. The van der Waals surface area contributed by atoms with Crippen LogP contribution in [-0.4, -0.2) is 35.3 Å². The average Bonchev–Trinajstić information content (AvgIpc) is 2.88. The molecule has 0 atom stereocenters. The standard InChI is InChI=1S/C20H21N3O2/c1-21-20(25)18-11-15(12-22-13-18)8-9-19(24)23-10-4-7-16-5-2-3-6-17(16)14-23/h2-3,5-6,8-9,11-13H,4,7,10,14H2,1H3,(H,21,25)/b9-8+. The van der Waals surface area contributed by atoms with Crippen LogP contribution in [0.25, 0.3) is 6.08 Å². The predicted molar refractivity (Wildman–Crippen MR) is 96.8 cm³/mol. The number of amides is 2. The van der Waals surface area contributed by atoms with Crippen molar-refractivity contribution in [2.75, 3.05) is 13.6 Å². The molecule has 5 heteroatoms. The zero-order valence-corrected chi connectivity index (χ0v) is 14.2. The molecular weight excluding hydrogens is 314 g/mol. The maximum absolute atomic E-state index is 12.5. The Morgan fingerprint density at radius 1 is 1.20 bits per heavy atom. The first-order valence-electron chi connectivity index (χ1n) is 8.38. The molecule has 1 N–H and O–H groups in total. The number of carbonyl (C=O) groups excluding carboxylic acids is 2. The lowest BCUT2D eigenvalue weighted by atomic mass is 10.0. The summed E-state index contributed by atoms with van der Waals surface area (Å²) in [7, 11) is 1.57. The fraction of sp³-hybridized carbons (Fsp3) is 0.250. The van der Waals surface area contributed by atoms with Crippen LogP contribution in [0.4, 0.5) is 0 Å². The molecule has 0 unspecified atom stereocenters. The molecule has 0 saturated carbocycles. The van der Waals surface area contributed by atoms with Crippen LogP contribution >= 0.6 is 0 Å². The highest BCUT2D eigenvalue weighted by atomic mass is 16.2. The zero-order valence-electron chi connectivity index (χ0n) is 14.2. The summed E-state index contributed by atoms with van der Waals surface area (Å²) >= 11 is 0. The first kappa shape index (κ1) is 16.9. The highest BCUT2D eigenvalue weighted by Crippen LogP contribution is 2.18. The van der Waals surface area contributed by atoms with Crippen molar-refractivity contribution in [1.29, 1.82) is 0 Å². The molecular formula is C20H21N3O2. The molecule has 128 valence electrons. The number of fused-ring (bicyclic) bond motifs is 1. The molecule has 1 aliphatic heterocycles. The lowest BCUT2D eigenvalue weighted by molar-refractivity contribution is -0.126. The van der Waals surface area contributed by atoms with Gasteiger partial charge in [0.15, 0.2) is 0 Å². The van der Waals surface area contributed by atoms with Crippen molar-refractivity contribution in [2.45, 2.75) is 19.4 Å². The Hall–Kier alpha value is -2.95. The number of hydrogen-bond donors (Lipinski definition) is 1. The van der Waals surface area contributed by atoms with Crippen molar-refractivity contribution in [3.63, 3.8) is 0 Å². The normalized spacial score (nSPS) is 14.0. The van der Waals surface area contributed by atoms with Gasteiger partial charge in [-0.05, 0) is 41.7 Å². The van der Waals surface area contributed by atoms with E-state index in [4.69, 9.17) is 0 Å². The Bertz CT molecular complexity index is 814. The van der Waals surface area contributed by atoms with E-state index in [0.717, 1.165) is 24.9 Å². The van der Waals surface area contributed by atoms with E-state index in [2.05, 4.69) is 22.4 Å². The summed E-state index contributed by atoms with van der Waals surface area (Å²) in [6.07, 6.45) is 8.36. The number of pyridine rings is 1. The molecule has 5 nitrogen and oxygen atoms in total. The van der Waals surface area contributed by atoms with Crippen LogP contribution in [-0.2, 0) is 17.8 Å². The highest BCUT2D eigenvalue weighted by Gasteiger charge is 2.16. The van der Waals surface area contributed by atoms with Gasteiger partial charge < -0.3 is 10.2 Å². The van der Waals surface area contributed by atoms with Crippen LogP contribution in [0.3, 0.4) is 0 Å². The van der Waals surface area contributed by atoms with E-state index in [1.165, 1.54) is 17.3 Å². The Morgan fingerprint density at radius 2 is 2.00 bits per heavy atom. The lowest BCUT2D eigenvalue weighted by Gasteiger charge is -2.19. The van der Waals surface area contributed by atoms with Crippen molar-refractivity contribution in [1.82, 2.24) is 15.2 Å². The molecule has 0 saturated heterocycles. The number of rotatable bonds is 3. The Balaban J connectivity index is 1.72. The number of aromatic nitrogens is 1. The largest absolute Gasteiger partial charge is 0.355 e. The second kappa shape index (κ2) is 7.75. The molecule has 1 aliphatic rings. The third kappa shape index (κ3) is 4.12. The SMILES string of the molecule is CNC(=O)c1cncc(/C=C/C(=O)N2CCCc3ccccc3C2)c1. The Kier molecular flexibility index (Phi) is 5.23. The summed E-state index contributed by atoms with van der Waals surface area (Å²) in [6.45, 7) is 1.38. The number of nitrogens with one attached hydrogen (secondary N) is 1. The summed E-state index contributed by atoms with van der Waals surface area (Å²) in [6, 6.07) is 9.99. The van der Waals surface area contributed by atoms with Gasteiger partial charge >= 0.3 is 0 Å². The van der Waals surface area contributed by atoms with Gasteiger partial charge in [0, 0.05) is 38.6 Å². The van der Waals surface area contributed by atoms with Crippen LogP contribution in [0.2, 0.25) is 0 Å². The molecule has 1 aromatic carbocycles. The van der Waals surface area contributed by atoms with Gasteiger partial charge in [0.1, 0.15) is 0 Å². The second-order valence-corrected chi connectivity index (χ2v) is 6.05. The van der Waals surface area contributed by atoms with E-state index in [-0.39, 0.29) is 11.8 Å². The van der Waals surface area contributed by atoms with Crippen molar-refractivity contribution < 1.29 is 9.59 Å². The van der Waals surface area contributed by atoms with E-state index < -0.39 is 0 Å². The number of carbonyl (C=O) groups is 2. The molecule has 2 amide bonds. The van der Waals surface area contributed by atoms with Crippen LogP contribution in [0, 0.1) is 0 Å². The van der Waals surface area contributed by atoms with Crippen molar-refractivity contribution in [3.8, 4) is 0 Å². The third-order valence-electron chi connectivity index (χ3n) is 4.33. The van der Waals surface area contributed by atoms with Crippen molar-refractivity contribution in [2.24, 2.45) is 0 Å². The summed E-state index contributed by atoms with van der Waals surface area (Å²) < 4.78 is 0. The molecule has 2 heterocycles. The van der Waals surface area contributed by atoms with E-state index in [1.54, 1.807) is 31.5 Å². The molecule has 0 spiro atoms. The summed E-state index contributed by atoms with van der Waals surface area (Å²) in [5.41, 5.74) is 3.74. The summed E-state index contributed by atoms with van der Waals surface area (Å²) in [5.74, 6) is -0.222. The average molecular weight is 335 g/mol. The minimum atomic E-state index is -0.196. The monoisotopic (exact) mass is 335 g/mol. The molecule has 0 aliphatic carbocycles. The van der Waals surface area contributed by atoms with Gasteiger partial charge in [-0.15, -0.1) is 0 Å². The first-order chi connectivity index (χ1) is 12.2. The van der Waals surface area contributed by atoms with Gasteiger partial charge in [-0.25, -0.2) is 0 Å². The van der Waals surface area contributed by atoms with E-state index in [9.17, 15) is 9.59 Å². The van der Waals surface area contributed by atoms with Gasteiger partial charge in [0.05, 0.1) is 5.56 Å². The topological polar surface area (TPSA) is 62.3 Å². The zero-order chi connectivity index (χ0) is 17.6. The summed E-state index contributed by atoms with van der Waals surface area (Å²) in [4.78, 5) is 30.1. The maximum atomic E-state index is 12.5. The molecule has 2 aromatic rings. The predicted octanol–water partition coefficient (Wildman–Crippen LogP) is 2.43. The molecule has 1 aromatic heterocycles. The minimum absolute atomic E-state index is 0.0259. The third-order valence-corrected chi connectivity index (χ3v) is 4.33. The fourth-order valence-electron chi connectivity index (χ4n) is 2.98. The molecule has 0 radical (unpaired) electrons. The Labute approximate surface area is 147 Å². The van der Waals surface area contributed by atoms with Gasteiger partial charge in [-0.3, -0.25) is 14.6 Å². The molecule has 25 heavy (non-hydrogen) atoms. The summed E-state index contributed by atoms with van der Waals surface area (Å²) in [5, 5.41) is 2.56. The highest BCUT2D eigenvalue weighted by molar-refractivity contribution is 5.95. The van der Waals surface area contributed by atoms with Crippen LogP contribution in [0.15, 0.2) is 48.8 Å². The van der Waals surface area contributed by atoms with Crippen molar-refractivity contribution in [3.05, 3.63) is 71.1 Å². The molecule has 3 rings (SSSR count). The van der Waals surface area contributed by atoms with E-state index >= 15 is 0 Å². The maximum Gasteiger partial charge on any atom is 0.252 e. The smallest absolute Gasteiger partial charge is 0.252 e. The number of benzene rings is 1. The van der Waals surface area contributed by atoms with Crippen LogP contribution < -0.4 is 5.32 Å². The second-order valence-electron chi connectivity index (χ2n) is 6.05. The van der Waals surface area contributed by atoms with Gasteiger partial charge in [-0.2, -0.15) is 0 Å². The van der Waals surface area contributed by atoms with Gasteiger partial charge in [0.25, 0.3) is 5.91 Å². The number of hydrogen-bond acceptors (Lipinski definition) is 3. The lowest BCUT2D eigenvalue weighted by Crippen LogP contribution is -2.28. The Morgan fingerprint density at radius 3 is 2.80 bits per heavy atom. The first-order valence-corrected chi connectivity index (χ1v) is 8.38. The van der Waals surface area contributed by atoms with Crippen molar-refractivity contribution >= 4 is 17.9 Å². The van der Waals surface area contributed by atoms with Gasteiger partial charge in [0.2, 0.25) is 5.91 Å². The van der Waals surface area contributed by atoms with Crippen LogP contribution in [0.5, 0.6) is 0 Å².